The molecule has 0 radical (unpaired) electrons. The van der Waals surface area contributed by atoms with E-state index in [2.05, 4.69) is 46.4 Å². The van der Waals surface area contributed by atoms with Crippen LogP contribution in [0, 0.1) is 85.2 Å². The van der Waals surface area contributed by atoms with E-state index in [1.165, 1.54) is 44.9 Å². The number of carboxylic acid groups (broad SMARTS) is 1. The highest BCUT2D eigenvalue weighted by Gasteiger charge is 2.74. The van der Waals surface area contributed by atoms with Gasteiger partial charge in [0.25, 0.3) is 0 Å². The Kier molecular flexibility index (Phi) is 9.39. The molecule has 8 fully saturated rings. The van der Waals surface area contributed by atoms with Gasteiger partial charge in [-0.05, 0) is 165 Å². The van der Waals surface area contributed by atoms with Crippen LogP contribution >= 0.6 is 0 Å². The van der Waals surface area contributed by atoms with Gasteiger partial charge in [0, 0.05) is 32.2 Å². The van der Waals surface area contributed by atoms with Gasteiger partial charge in [0.1, 0.15) is 6.10 Å². The summed E-state index contributed by atoms with van der Waals surface area (Å²) in [5.41, 5.74) is 0.125. The van der Waals surface area contributed by atoms with Crippen molar-refractivity contribution in [2.45, 2.75) is 164 Å². The minimum Gasteiger partial charge on any atom is -0.481 e. The third kappa shape index (κ3) is 5.43. The van der Waals surface area contributed by atoms with Crippen molar-refractivity contribution in [2.75, 3.05) is 26.8 Å². The molecule has 0 aromatic carbocycles. The average molecular weight is 750 g/mol. The third-order valence-corrected chi connectivity index (χ3v) is 20.5. The summed E-state index contributed by atoms with van der Waals surface area (Å²) in [6.45, 7) is 21.8. The van der Waals surface area contributed by atoms with Crippen LogP contribution in [0.1, 0.15) is 158 Å². The van der Waals surface area contributed by atoms with Crippen LogP contribution in [0.3, 0.4) is 0 Å². The monoisotopic (exact) mass is 750 g/mol. The summed E-state index contributed by atoms with van der Waals surface area (Å²) in [6, 6.07) is 0. The van der Waals surface area contributed by atoms with Crippen LogP contribution in [0.4, 0.5) is 0 Å². The zero-order chi connectivity index (χ0) is 38.9. The van der Waals surface area contributed by atoms with Crippen molar-refractivity contribution in [3.8, 4) is 0 Å². The zero-order valence-electron chi connectivity index (χ0n) is 35.6. The maximum atomic E-state index is 15.1. The fourth-order valence-corrected chi connectivity index (χ4v) is 16.5. The van der Waals surface area contributed by atoms with Gasteiger partial charge >= 0.3 is 11.9 Å². The van der Waals surface area contributed by atoms with Gasteiger partial charge in [-0.3, -0.25) is 14.4 Å². The number of rotatable bonds is 8. The first kappa shape index (κ1) is 39.2. The molecular formula is C47H75NO6. The summed E-state index contributed by atoms with van der Waals surface area (Å²) in [6.07, 6.45) is 17.8. The Balaban J connectivity index is 1.03. The number of amides is 1. The standard InChI is InChI=1S/C47H75NO6/c1-41(2)32(38(49)50)28-33(41)39(51)54-36-14-18-44(6)34(42(36,3)4)13-19-46(8)35(44)11-10-31-37-30(43(5)21-22-43)12-20-47(37,24-23-45(31,46)7)40(52)48-25-15-29(16-26-48)17-27-53-9/h29-37H,10-28H2,1-9H3,(H,49,50)/t30-,31-,32+,33-,34+,35-,36+,37-,44+,45-,46-,47+/m1/s1. The van der Waals surface area contributed by atoms with Gasteiger partial charge in [-0.1, -0.05) is 55.4 Å². The van der Waals surface area contributed by atoms with Crippen molar-refractivity contribution in [1.29, 1.82) is 0 Å². The number of hydrogen-bond donors (Lipinski definition) is 1. The van der Waals surface area contributed by atoms with E-state index < -0.39 is 17.3 Å². The van der Waals surface area contributed by atoms with Crippen molar-refractivity contribution in [1.82, 2.24) is 4.90 Å². The van der Waals surface area contributed by atoms with E-state index >= 15 is 4.79 Å². The fourth-order valence-electron chi connectivity index (χ4n) is 16.5. The Labute approximate surface area is 327 Å². The molecule has 304 valence electrons. The number of piperidine rings is 1. The molecule has 1 saturated heterocycles. The predicted octanol–water partition coefficient (Wildman–Crippen LogP) is 9.80. The summed E-state index contributed by atoms with van der Waals surface area (Å²) in [7, 11) is 1.80. The molecule has 1 N–H and O–H groups in total. The number of carbonyl (C=O) groups excluding carboxylic acids is 2. The number of carbonyl (C=O) groups is 3. The second-order valence-electron chi connectivity index (χ2n) is 23.0. The number of methoxy groups -OCH3 is 1. The normalized spacial score (nSPS) is 47.2. The van der Waals surface area contributed by atoms with E-state index in [0.29, 0.717) is 53.3 Å². The Morgan fingerprint density at radius 1 is 0.685 bits per heavy atom. The first-order valence-electron chi connectivity index (χ1n) is 22.5. The minimum absolute atomic E-state index is 0.135. The summed E-state index contributed by atoms with van der Waals surface area (Å²) in [5.74, 6) is 2.27. The lowest BCUT2D eigenvalue weighted by Gasteiger charge is -2.73. The van der Waals surface area contributed by atoms with Crippen LogP contribution in [-0.4, -0.2) is 60.8 Å². The van der Waals surface area contributed by atoms with Crippen LogP contribution in [0.2, 0.25) is 0 Å². The summed E-state index contributed by atoms with van der Waals surface area (Å²) >= 11 is 0. The Hall–Kier alpha value is -1.63. The van der Waals surface area contributed by atoms with Crippen LogP contribution in [0.5, 0.6) is 0 Å². The molecule has 0 bridgehead atoms. The number of esters is 1. The highest BCUT2D eigenvalue weighted by molar-refractivity contribution is 5.84. The van der Waals surface area contributed by atoms with Gasteiger partial charge in [-0.15, -0.1) is 0 Å². The molecule has 7 nitrogen and oxygen atoms in total. The Morgan fingerprint density at radius 2 is 1.39 bits per heavy atom. The number of carboxylic acids is 1. The molecule has 0 unspecified atom stereocenters. The van der Waals surface area contributed by atoms with Crippen molar-refractivity contribution >= 4 is 17.8 Å². The molecular weight excluding hydrogens is 675 g/mol. The lowest BCUT2D eigenvalue weighted by Crippen LogP contribution is -2.68. The summed E-state index contributed by atoms with van der Waals surface area (Å²) < 4.78 is 11.9. The van der Waals surface area contributed by atoms with Gasteiger partial charge < -0.3 is 19.5 Å². The SMILES string of the molecule is COCCC1CCN(C(=O)[C@]23CC[C@@H](C4(C)CC4)[C@@H]2[C@H]2CC[C@@H]4[C@@]5(C)CC[C@H](OC(=O)[C@H]6C[C@@H](C(=O)O)C6(C)C)C(C)(C)[C@@H]5CC[C@@]4(C)[C@]2(C)CC3)CC1. The van der Waals surface area contributed by atoms with Crippen molar-refractivity contribution in [2.24, 2.45) is 85.2 Å². The Bertz CT molecular complexity index is 1510. The molecule has 7 aliphatic carbocycles. The van der Waals surface area contributed by atoms with Gasteiger partial charge in [-0.2, -0.15) is 0 Å². The van der Waals surface area contributed by atoms with Gasteiger partial charge in [0.2, 0.25) is 5.91 Å². The van der Waals surface area contributed by atoms with E-state index in [-0.39, 0.29) is 45.1 Å². The van der Waals surface area contributed by atoms with E-state index in [9.17, 15) is 14.7 Å². The quantitative estimate of drug-likeness (QED) is 0.249. The average Bonchev–Trinajstić information content (AvgIpc) is 3.73. The third-order valence-electron chi connectivity index (χ3n) is 20.5. The van der Waals surface area contributed by atoms with E-state index in [1.54, 1.807) is 7.11 Å². The largest absolute Gasteiger partial charge is 0.481 e. The van der Waals surface area contributed by atoms with Gasteiger partial charge in [0.15, 0.2) is 0 Å². The molecule has 1 heterocycles. The molecule has 0 spiro atoms. The maximum absolute atomic E-state index is 15.1. The molecule has 7 heteroatoms. The second kappa shape index (κ2) is 12.9. The summed E-state index contributed by atoms with van der Waals surface area (Å²) in [4.78, 5) is 42.9. The lowest BCUT2D eigenvalue weighted by molar-refractivity contribution is -0.253. The summed E-state index contributed by atoms with van der Waals surface area (Å²) in [5, 5.41) is 9.68. The van der Waals surface area contributed by atoms with Crippen LogP contribution in [0.15, 0.2) is 0 Å². The maximum Gasteiger partial charge on any atom is 0.309 e. The van der Waals surface area contributed by atoms with Crippen LogP contribution in [0.25, 0.3) is 0 Å². The molecule has 12 atom stereocenters. The molecule has 0 aromatic heterocycles. The topological polar surface area (TPSA) is 93.1 Å². The highest BCUT2D eigenvalue weighted by Crippen LogP contribution is 2.79. The van der Waals surface area contributed by atoms with Gasteiger partial charge in [0.05, 0.1) is 17.3 Å². The number of nitrogens with zero attached hydrogens (tertiary/aromatic N) is 1. The molecule has 8 rings (SSSR count). The Morgan fingerprint density at radius 3 is 2.02 bits per heavy atom. The first-order chi connectivity index (χ1) is 25.3. The molecule has 7 saturated carbocycles. The number of ether oxygens (including phenoxy) is 2. The molecule has 1 amide bonds. The van der Waals surface area contributed by atoms with E-state index in [0.717, 1.165) is 71.1 Å². The number of fused-ring (bicyclic) bond motifs is 7. The van der Waals surface area contributed by atoms with E-state index in [4.69, 9.17) is 9.47 Å². The van der Waals surface area contributed by atoms with Crippen LogP contribution in [-0.2, 0) is 23.9 Å². The molecule has 0 aromatic rings. The fraction of sp³-hybridized carbons (Fsp3) is 0.936. The van der Waals surface area contributed by atoms with Gasteiger partial charge in [-0.25, -0.2) is 0 Å². The molecule has 8 aliphatic rings. The minimum atomic E-state index is -0.805. The van der Waals surface area contributed by atoms with Crippen molar-refractivity contribution < 1.29 is 29.0 Å². The number of likely N-dealkylation sites (tertiary alicyclic amines) is 1. The zero-order valence-corrected chi connectivity index (χ0v) is 35.6. The van der Waals surface area contributed by atoms with Crippen molar-refractivity contribution in [3.05, 3.63) is 0 Å². The van der Waals surface area contributed by atoms with Crippen molar-refractivity contribution in [3.63, 3.8) is 0 Å². The number of aliphatic carboxylic acids is 1. The van der Waals surface area contributed by atoms with E-state index in [1.807, 2.05) is 13.8 Å². The predicted molar refractivity (Wildman–Crippen MR) is 210 cm³/mol. The highest BCUT2D eigenvalue weighted by atomic mass is 16.5. The molecule has 54 heavy (non-hydrogen) atoms. The lowest BCUT2D eigenvalue weighted by atomic mass is 9.32. The first-order valence-corrected chi connectivity index (χ1v) is 22.5. The number of hydrogen-bond acceptors (Lipinski definition) is 5. The van der Waals surface area contributed by atoms with Crippen LogP contribution < -0.4 is 0 Å². The second-order valence-corrected chi connectivity index (χ2v) is 23.0. The smallest absolute Gasteiger partial charge is 0.309 e. The molecule has 1 aliphatic heterocycles.